The van der Waals surface area contributed by atoms with Gasteiger partial charge in [-0.3, -0.25) is 9.63 Å². The molecule has 5 nitrogen and oxygen atoms in total. The van der Waals surface area contributed by atoms with E-state index >= 15 is 0 Å². The lowest BCUT2D eigenvalue weighted by atomic mass is 10.3. The summed E-state index contributed by atoms with van der Waals surface area (Å²) in [6, 6.07) is 2.90. The lowest BCUT2D eigenvalue weighted by molar-refractivity contribution is 0.0529. The first-order valence-electron chi connectivity index (χ1n) is 3.23. The summed E-state index contributed by atoms with van der Waals surface area (Å²) in [5.74, 6) is -0.748. The van der Waals surface area contributed by atoms with E-state index in [9.17, 15) is 4.79 Å². The number of rotatable bonds is 2. The third-order valence-corrected chi connectivity index (χ3v) is 1.20. The number of aromatic hydroxyl groups is 1. The standard InChI is InChI=1S/C7H8N2O3/c1-12-9-7(11)6-5(10)3-2-4-8-6/h2-4,10H,1H3,(H,9,11). The van der Waals surface area contributed by atoms with E-state index in [0.29, 0.717) is 0 Å². The zero-order valence-corrected chi connectivity index (χ0v) is 6.44. The van der Waals surface area contributed by atoms with Crippen LogP contribution in [0.3, 0.4) is 0 Å². The Kier molecular flexibility index (Phi) is 2.60. The second kappa shape index (κ2) is 3.68. The molecule has 1 amide bonds. The van der Waals surface area contributed by atoms with Crippen LogP contribution in [0.25, 0.3) is 0 Å². The SMILES string of the molecule is CONC(=O)c1ncccc1O. The van der Waals surface area contributed by atoms with Crippen LogP contribution >= 0.6 is 0 Å². The van der Waals surface area contributed by atoms with Crippen molar-refractivity contribution in [2.24, 2.45) is 0 Å². The highest BCUT2D eigenvalue weighted by Crippen LogP contribution is 2.11. The number of hydrogen-bond acceptors (Lipinski definition) is 4. The predicted molar refractivity (Wildman–Crippen MR) is 40.4 cm³/mol. The van der Waals surface area contributed by atoms with Crippen LogP contribution < -0.4 is 5.48 Å². The Bertz CT molecular complexity index is 288. The Hall–Kier alpha value is -1.62. The number of hydroxylamine groups is 1. The van der Waals surface area contributed by atoms with Crippen LogP contribution in [-0.2, 0) is 4.84 Å². The third kappa shape index (κ3) is 1.70. The topological polar surface area (TPSA) is 71.5 Å². The normalized spacial score (nSPS) is 9.42. The van der Waals surface area contributed by atoms with Crippen LogP contribution in [0, 0.1) is 0 Å². The number of pyridine rings is 1. The van der Waals surface area contributed by atoms with E-state index < -0.39 is 5.91 Å². The van der Waals surface area contributed by atoms with Gasteiger partial charge in [0.2, 0.25) is 0 Å². The number of carbonyl (C=O) groups excluding carboxylic acids is 1. The van der Waals surface area contributed by atoms with E-state index in [1.165, 1.54) is 25.4 Å². The minimum Gasteiger partial charge on any atom is -0.505 e. The largest absolute Gasteiger partial charge is 0.505 e. The monoisotopic (exact) mass is 168 g/mol. The molecule has 1 aromatic heterocycles. The summed E-state index contributed by atoms with van der Waals surface area (Å²) in [5, 5.41) is 9.13. The van der Waals surface area contributed by atoms with Gasteiger partial charge >= 0.3 is 0 Å². The average Bonchev–Trinajstić information content (AvgIpc) is 2.05. The van der Waals surface area contributed by atoms with Crippen LogP contribution in [0.4, 0.5) is 0 Å². The van der Waals surface area contributed by atoms with Crippen molar-refractivity contribution in [3.63, 3.8) is 0 Å². The maximum absolute atomic E-state index is 11.0. The summed E-state index contributed by atoms with van der Waals surface area (Å²) in [7, 11) is 1.30. The van der Waals surface area contributed by atoms with Crippen molar-refractivity contribution < 1.29 is 14.7 Å². The average molecular weight is 168 g/mol. The van der Waals surface area contributed by atoms with Gasteiger partial charge < -0.3 is 5.11 Å². The molecule has 2 N–H and O–H groups in total. The molecule has 0 spiro atoms. The lowest BCUT2D eigenvalue weighted by Gasteiger charge is -2.01. The lowest BCUT2D eigenvalue weighted by Crippen LogP contribution is -2.22. The maximum atomic E-state index is 11.0. The molecule has 0 aliphatic rings. The minimum absolute atomic E-state index is 0.0562. The van der Waals surface area contributed by atoms with E-state index in [2.05, 4.69) is 9.82 Å². The summed E-state index contributed by atoms with van der Waals surface area (Å²) >= 11 is 0. The second-order valence-corrected chi connectivity index (χ2v) is 2.01. The highest BCUT2D eigenvalue weighted by molar-refractivity contribution is 5.93. The highest BCUT2D eigenvalue weighted by Gasteiger charge is 2.10. The molecule has 1 aromatic rings. The van der Waals surface area contributed by atoms with Crippen LogP contribution in [-0.4, -0.2) is 23.1 Å². The van der Waals surface area contributed by atoms with E-state index in [0.717, 1.165) is 0 Å². The van der Waals surface area contributed by atoms with Gasteiger partial charge in [0.25, 0.3) is 5.91 Å². The zero-order valence-electron chi connectivity index (χ0n) is 6.44. The molecule has 0 saturated heterocycles. The van der Waals surface area contributed by atoms with Gasteiger partial charge in [-0.2, -0.15) is 0 Å². The molecule has 0 aromatic carbocycles. The van der Waals surface area contributed by atoms with Crippen LogP contribution in [0.1, 0.15) is 10.5 Å². The molecule has 1 heterocycles. The molecule has 0 atom stereocenters. The van der Waals surface area contributed by atoms with E-state index in [1.807, 2.05) is 5.48 Å². The van der Waals surface area contributed by atoms with Crippen LogP contribution in [0.15, 0.2) is 18.3 Å². The molecule has 0 bridgehead atoms. The third-order valence-electron chi connectivity index (χ3n) is 1.20. The molecule has 0 saturated carbocycles. The number of aromatic nitrogens is 1. The molecule has 12 heavy (non-hydrogen) atoms. The Labute approximate surface area is 69.0 Å². The quantitative estimate of drug-likeness (QED) is 0.613. The molecular formula is C7H8N2O3. The number of hydrogen-bond donors (Lipinski definition) is 2. The van der Waals surface area contributed by atoms with Gasteiger partial charge in [0, 0.05) is 6.20 Å². The molecule has 1 rings (SSSR count). The number of carbonyl (C=O) groups is 1. The molecule has 0 aliphatic heterocycles. The van der Waals surface area contributed by atoms with Crippen molar-refractivity contribution in [2.45, 2.75) is 0 Å². The molecule has 0 fully saturated rings. The first-order chi connectivity index (χ1) is 5.75. The first kappa shape index (κ1) is 8.48. The van der Waals surface area contributed by atoms with Crippen LogP contribution in [0.5, 0.6) is 5.75 Å². The second-order valence-electron chi connectivity index (χ2n) is 2.01. The van der Waals surface area contributed by atoms with E-state index in [4.69, 9.17) is 5.11 Å². The number of nitrogens with one attached hydrogen (secondary N) is 1. The van der Waals surface area contributed by atoms with Gasteiger partial charge in [-0.25, -0.2) is 10.5 Å². The maximum Gasteiger partial charge on any atom is 0.297 e. The molecule has 5 heteroatoms. The smallest absolute Gasteiger partial charge is 0.297 e. The van der Waals surface area contributed by atoms with Crippen molar-refractivity contribution in [1.82, 2.24) is 10.5 Å². The Morgan fingerprint density at radius 3 is 3.08 bits per heavy atom. The molecular weight excluding hydrogens is 160 g/mol. The molecule has 0 radical (unpaired) electrons. The van der Waals surface area contributed by atoms with Gasteiger partial charge in [-0.05, 0) is 12.1 Å². The van der Waals surface area contributed by atoms with E-state index in [-0.39, 0.29) is 11.4 Å². The van der Waals surface area contributed by atoms with Crippen molar-refractivity contribution in [3.05, 3.63) is 24.0 Å². The summed E-state index contributed by atoms with van der Waals surface area (Å²) in [4.78, 5) is 19.0. The summed E-state index contributed by atoms with van der Waals surface area (Å²) in [6.45, 7) is 0. The molecule has 0 unspecified atom stereocenters. The van der Waals surface area contributed by atoms with Gasteiger partial charge in [0.05, 0.1) is 7.11 Å². The van der Waals surface area contributed by atoms with Gasteiger partial charge in [0.15, 0.2) is 5.69 Å². The summed E-state index contributed by atoms with van der Waals surface area (Å²) in [5.41, 5.74) is 1.99. The fraction of sp³-hybridized carbons (Fsp3) is 0.143. The number of nitrogens with zero attached hydrogens (tertiary/aromatic N) is 1. The number of amides is 1. The summed E-state index contributed by atoms with van der Waals surface area (Å²) in [6.07, 6.45) is 1.41. The highest BCUT2D eigenvalue weighted by atomic mass is 16.6. The van der Waals surface area contributed by atoms with Gasteiger partial charge in [-0.1, -0.05) is 0 Å². The van der Waals surface area contributed by atoms with E-state index in [1.54, 1.807) is 0 Å². The van der Waals surface area contributed by atoms with Gasteiger partial charge in [-0.15, -0.1) is 0 Å². The summed E-state index contributed by atoms with van der Waals surface area (Å²) < 4.78 is 0. The van der Waals surface area contributed by atoms with Crippen molar-refractivity contribution >= 4 is 5.91 Å². The molecule has 0 aliphatic carbocycles. The molecule has 64 valence electrons. The van der Waals surface area contributed by atoms with Crippen molar-refractivity contribution in [1.29, 1.82) is 0 Å². The van der Waals surface area contributed by atoms with Crippen molar-refractivity contribution in [3.8, 4) is 5.75 Å². The Morgan fingerprint density at radius 1 is 1.75 bits per heavy atom. The zero-order chi connectivity index (χ0) is 8.97. The van der Waals surface area contributed by atoms with Crippen molar-refractivity contribution in [2.75, 3.05) is 7.11 Å². The predicted octanol–water partition coefficient (Wildman–Crippen LogP) is 0.0784. The fourth-order valence-corrected chi connectivity index (χ4v) is 0.713. The van der Waals surface area contributed by atoms with Crippen LogP contribution in [0.2, 0.25) is 0 Å². The first-order valence-corrected chi connectivity index (χ1v) is 3.23. The van der Waals surface area contributed by atoms with Gasteiger partial charge in [0.1, 0.15) is 5.75 Å². The Morgan fingerprint density at radius 2 is 2.50 bits per heavy atom. The Balaban J connectivity index is 2.87. The minimum atomic E-state index is -0.574. The fourth-order valence-electron chi connectivity index (χ4n) is 0.713.